The van der Waals surface area contributed by atoms with Crippen molar-refractivity contribution in [1.82, 2.24) is 5.32 Å². The van der Waals surface area contributed by atoms with Crippen molar-refractivity contribution in [1.29, 1.82) is 0 Å². The molecular weight excluding hydrogens is 274 g/mol. The fourth-order valence-corrected chi connectivity index (χ4v) is 2.18. The number of nitrogens with one attached hydrogen (secondary N) is 1. The molecule has 0 aliphatic carbocycles. The lowest BCUT2D eigenvalue weighted by atomic mass is 10.1. The van der Waals surface area contributed by atoms with Gasteiger partial charge in [-0.2, -0.15) is 0 Å². The molecule has 2 aromatic rings. The van der Waals surface area contributed by atoms with Crippen molar-refractivity contribution in [3.63, 3.8) is 0 Å². The molecule has 1 amide bonds. The van der Waals surface area contributed by atoms with Crippen LogP contribution in [0.4, 0.5) is 0 Å². The minimum atomic E-state index is -0.0795. The van der Waals surface area contributed by atoms with Crippen LogP contribution in [-0.4, -0.2) is 12.0 Å². The van der Waals surface area contributed by atoms with Crippen LogP contribution in [0, 0.1) is 6.92 Å². The first-order valence-electron chi connectivity index (χ1n) is 7.60. The number of carbonyl (C=O) groups excluding carboxylic acids is 1. The highest BCUT2D eigenvalue weighted by atomic mass is 16.5. The van der Waals surface area contributed by atoms with E-state index in [9.17, 15) is 4.79 Å². The van der Waals surface area contributed by atoms with E-state index in [0.717, 1.165) is 11.3 Å². The molecule has 0 aliphatic rings. The molecule has 0 saturated carbocycles. The third-order valence-corrected chi connectivity index (χ3v) is 3.41. The monoisotopic (exact) mass is 297 g/mol. The molecular formula is C19H23NO2. The van der Waals surface area contributed by atoms with Crippen LogP contribution in [0.2, 0.25) is 0 Å². The molecule has 2 rings (SSSR count). The Morgan fingerprint density at radius 1 is 0.955 bits per heavy atom. The second kappa shape index (κ2) is 7.12. The van der Waals surface area contributed by atoms with Crippen molar-refractivity contribution in [2.45, 2.75) is 39.8 Å². The number of hydrogen-bond acceptors (Lipinski definition) is 2. The molecule has 22 heavy (non-hydrogen) atoms. The Morgan fingerprint density at radius 3 is 2.09 bits per heavy atom. The zero-order chi connectivity index (χ0) is 16.1. The Kier molecular flexibility index (Phi) is 5.21. The summed E-state index contributed by atoms with van der Waals surface area (Å²) in [6.07, 6.45) is 0.126. The van der Waals surface area contributed by atoms with Gasteiger partial charge in [-0.25, -0.2) is 0 Å². The van der Waals surface area contributed by atoms with Crippen molar-refractivity contribution in [2.24, 2.45) is 0 Å². The maximum atomic E-state index is 12.3. The van der Waals surface area contributed by atoms with Gasteiger partial charge in [0.1, 0.15) is 5.75 Å². The van der Waals surface area contributed by atoms with Crippen LogP contribution >= 0.6 is 0 Å². The smallest absolute Gasteiger partial charge is 0.251 e. The standard InChI is InChI=1S/C19H23NO2/c1-13(2)22-18-11-9-17(10-12-18)19(21)20-15(4)16-7-5-14(3)6-8-16/h5-13,15H,1-4H3,(H,20,21). The second-order valence-electron chi connectivity index (χ2n) is 5.80. The third kappa shape index (κ3) is 4.35. The van der Waals surface area contributed by atoms with Crippen LogP contribution in [0.1, 0.15) is 48.3 Å². The van der Waals surface area contributed by atoms with Crippen molar-refractivity contribution in [3.05, 3.63) is 65.2 Å². The minimum Gasteiger partial charge on any atom is -0.491 e. The largest absolute Gasteiger partial charge is 0.491 e. The molecule has 2 aromatic carbocycles. The molecule has 0 aromatic heterocycles. The van der Waals surface area contributed by atoms with E-state index in [-0.39, 0.29) is 18.1 Å². The fourth-order valence-electron chi connectivity index (χ4n) is 2.18. The van der Waals surface area contributed by atoms with Gasteiger partial charge in [-0.05, 0) is 57.5 Å². The predicted molar refractivity (Wildman–Crippen MR) is 89.3 cm³/mol. The van der Waals surface area contributed by atoms with Gasteiger partial charge in [0.05, 0.1) is 12.1 Å². The summed E-state index contributed by atoms with van der Waals surface area (Å²) in [5.41, 5.74) is 2.94. The normalized spacial score (nSPS) is 12.0. The minimum absolute atomic E-state index is 0.0281. The Bertz CT molecular complexity index is 615. The lowest BCUT2D eigenvalue weighted by molar-refractivity contribution is 0.0940. The van der Waals surface area contributed by atoms with Crippen molar-refractivity contribution < 1.29 is 9.53 Å². The topological polar surface area (TPSA) is 38.3 Å². The SMILES string of the molecule is Cc1ccc(C(C)NC(=O)c2ccc(OC(C)C)cc2)cc1. The van der Waals surface area contributed by atoms with E-state index in [4.69, 9.17) is 4.74 Å². The fraction of sp³-hybridized carbons (Fsp3) is 0.316. The molecule has 0 aliphatic heterocycles. The number of ether oxygens (including phenoxy) is 1. The van der Waals surface area contributed by atoms with Gasteiger partial charge in [-0.3, -0.25) is 4.79 Å². The van der Waals surface area contributed by atoms with Crippen LogP contribution in [0.15, 0.2) is 48.5 Å². The third-order valence-electron chi connectivity index (χ3n) is 3.41. The van der Waals surface area contributed by atoms with Crippen molar-refractivity contribution in [2.75, 3.05) is 0 Å². The molecule has 0 heterocycles. The van der Waals surface area contributed by atoms with Gasteiger partial charge in [0.25, 0.3) is 5.91 Å². The number of amides is 1. The van der Waals surface area contributed by atoms with Crippen molar-refractivity contribution >= 4 is 5.91 Å². The molecule has 0 spiro atoms. The first-order chi connectivity index (χ1) is 10.5. The van der Waals surface area contributed by atoms with E-state index >= 15 is 0 Å². The maximum Gasteiger partial charge on any atom is 0.251 e. The molecule has 1 atom stereocenters. The summed E-state index contributed by atoms with van der Waals surface area (Å²) in [6, 6.07) is 15.4. The molecule has 3 nitrogen and oxygen atoms in total. The van der Waals surface area contributed by atoms with Crippen LogP contribution in [0.5, 0.6) is 5.75 Å². The maximum absolute atomic E-state index is 12.3. The van der Waals surface area contributed by atoms with E-state index < -0.39 is 0 Å². The molecule has 0 saturated heterocycles. The molecule has 0 radical (unpaired) electrons. The number of carbonyl (C=O) groups is 1. The lowest BCUT2D eigenvalue weighted by Gasteiger charge is -2.15. The quantitative estimate of drug-likeness (QED) is 0.895. The van der Waals surface area contributed by atoms with E-state index in [2.05, 4.69) is 17.4 Å². The molecule has 3 heteroatoms. The molecule has 0 bridgehead atoms. The molecule has 1 unspecified atom stereocenters. The first-order valence-corrected chi connectivity index (χ1v) is 7.60. The average Bonchev–Trinajstić information content (AvgIpc) is 2.48. The highest BCUT2D eigenvalue weighted by Crippen LogP contribution is 2.16. The highest BCUT2D eigenvalue weighted by Gasteiger charge is 2.11. The van der Waals surface area contributed by atoms with Gasteiger partial charge < -0.3 is 10.1 Å². The van der Waals surface area contributed by atoms with E-state index in [1.165, 1.54) is 5.56 Å². The molecule has 1 N–H and O–H groups in total. The second-order valence-corrected chi connectivity index (χ2v) is 5.80. The summed E-state index contributed by atoms with van der Waals surface area (Å²) in [6.45, 7) is 7.99. The van der Waals surface area contributed by atoms with Crippen molar-refractivity contribution in [3.8, 4) is 5.75 Å². The molecule has 0 fully saturated rings. The summed E-state index contributed by atoms with van der Waals surface area (Å²) in [5, 5.41) is 3.01. The lowest BCUT2D eigenvalue weighted by Crippen LogP contribution is -2.26. The van der Waals surface area contributed by atoms with Crippen LogP contribution < -0.4 is 10.1 Å². The van der Waals surface area contributed by atoms with E-state index in [1.807, 2.05) is 52.0 Å². The average molecular weight is 297 g/mol. The molecule has 116 valence electrons. The van der Waals surface area contributed by atoms with Gasteiger partial charge in [-0.1, -0.05) is 29.8 Å². The zero-order valence-electron chi connectivity index (χ0n) is 13.6. The van der Waals surface area contributed by atoms with Gasteiger partial charge in [-0.15, -0.1) is 0 Å². The summed E-state index contributed by atoms with van der Waals surface area (Å²) >= 11 is 0. The van der Waals surface area contributed by atoms with Gasteiger partial charge in [0.15, 0.2) is 0 Å². The summed E-state index contributed by atoms with van der Waals surface area (Å²) in [5.74, 6) is 0.697. The van der Waals surface area contributed by atoms with Gasteiger partial charge in [0.2, 0.25) is 0 Å². The number of aryl methyl sites for hydroxylation is 1. The van der Waals surface area contributed by atoms with Gasteiger partial charge >= 0.3 is 0 Å². The first kappa shape index (κ1) is 16.1. The van der Waals surface area contributed by atoms with Gasteiger partial charge in [0, 0.05) is 5.56 Å². The number of benzene rings is 2. The van der Waals surface area contributed by atoms with E-state index in [1.54, 1.807) is 12.1 Å². The summed E-state index contributed by atoms with van der Waals surface area (Å²) < 4.78 is 5.58. The van der Waals surface area contributed by atoms with Crippen LogP contribution in [0.3, 0.4) is 0 Å². The highest BCUT2D eigenvalue weighted by molar-refractivity contribution is 5.94. The summed E-state index contributed by atoms with van der Waals surface area (Å²) in [7, 11) is 0. The summed E-state index contributed by atoms with van der Waals surface area (Å²) in [4.78, 5) is 12.3. The Morgan fingerprint density at radius 2 is 1.55 bits per heavy atom. The van der Waals surface area contributed by atoms with Crippen LogP contribution in [0.25, 0.3) is 0 Å². The van der Waals surface area contributed by atoms with E-state index in [0.29, 0.717) is 5.56 Å². The van der Waals surface area contributed by atoms with Crippen LogP contribution in [-0.2, 0) is 0 Å². The number of rotatable bonds is 5. The Balaban J connectivity index is 2.00. The number of hydrogen-bond donors (Lipinski definition) is 1. The Labute approximate surface area is 132 Å². The predicted octanol–water partition coefficient (Wildman–Crippen LogP) is 4.27. The Hall–Kier alpha value is -2.29. The zero-order valence-corrected chi connectivity index (χ0v) is 13.6.